The van der Waals surface area contributed by atoms with Crippen molar-refractivity contribution >= 4 is 39.6 Å². The number of rotatable bonds is 4. The Bertz CT molecular complexity index is 3840. The maximum Gasteiger partial charge on any atom is 0.132 e. The Morgan fingerprint density at radius 2 is 0.754 bits per heavy atom. The Kier molecular flexibility index (Phi) is 8.17. The molecule has 2 spiro atoms. The predicted molar refractivity (Wildman–Crippen MR) is 283 cm³/mol. The van der Waals surface area contributed by atoms with Gasteiger partial charge in [-0.3, -0.25) is 0 Å². The zero-order chi connectivity index (χ0) is 45.3. The molecule has 0 unspecified atom stereocenters. The van der Waals surface area contributed by atoms with E-state index in [1.54, 1.807) is 0 Å². The largest absolute Gasteiger partial charge is 0.457 e. The van der Waals surface area contributed by atoms with E-state index in [1.165, 1.54) is 87.3 Å². The summed E-state index contributed by atoms with van der Waals surface area (Å²) < 4.78 is 6.71. The molecular formula is C66H41NOS. The van der Waals surface area contributed by atoms with Gasteiger partial charge < -0.3 is 9.64 Å². The summed E-state index contributed by atoms with van der Waals surface area (Å²) in [5, 5.41) is 2.42. The average molecular weight is 896 g/mol. The molecule has 2 aliphatic heterocycles. The molecule has 69 heavy (non-hydrogen) atoms. The van der Waals surface area contributed by atoms with Gasteiger partial charge in [0.1, 0.15) is 11.5 Å². The number of benzene rings is 11. The summed E-state index contributed by atoms with van der Waals surface area (Å²) in [6, 6.07) is 92.3. The number of ether oxygens (including phenoxy) is 1. The lowest BCUT2D eigenvalue weighted by Crippen LogP contribution is -2.32. The fourth-order valence-corrected chi connectivity index (χ4v) is 13.8. The quantitative estimate of drug-likeness (QED) is 0.175. The van der Waals surface area contributed by atoms with Gasteiger partial charge in [-0.15, -0.1) is 0 Å². The van der Waals surface area contributed by atoms with Crippen LogP contribution < -0.4 is 9.64 Å². The third kappa shape index (κ3) is 5.28. The smallest absolute Gasteiger partial charge is 0.132 e. The third-order valence-electron chi connectivity index (χ3n) is 15.4. The first-order valence-corrected chi connectivity index (χ1v) is 24.6. The van der Waals surface area contributed by atoms with Gasteiger partial charge in [-0.05, 0) is 150 Å². The summed E-state index contributed by atoms with van der Waals surface area (Å²) >= 11 is 1.89. The number of anilines is 3. The zero-order valence-electron chi connectivity index (χ0n) is 37.4. The van der Waals surface area contributed by atoms with E-state index in [0.717, 1.165) is 39.7 Å². The molecule has 2 aliphatic carbocycles. The van der Waals surface area contributed by atoms with E-state index in [4.69, 9.17) is 4.74 Å². The maximum atomic E-state index is 6.71. The van der Waals surface area contributed by atoms with Crippen LogP contribution in [0.25, 0.3) is 44.2 Å². The predicted octanol–water partition coefficient (Wildman–Crippen LogP) is 17.3. The second-order valence-corrected chi connectivity index (χ2v) is 19.8. The minimum atomic E-state index is -0.585. The molecule has 2 nitrogen and oxygen atoms in total. The van der Waals surface area contributed by atoms with Crippen molar-refractivity contribution in [3.8, 4) is 44.9 Å². The second-order valence-electron chi connectivity index (χ2n) is 18.7. The normalized spacial score (nSPS) is 14.4. The maximum absolute atomic E-state index is 6.71. The van der Waals surface area contributed by atoms with Crippen LogP contribution in [0, 0.1) is 0 Å². The van der Waals surface area contributed by atoms with Crippen LogP contribution in [0.3, 0.4) is 0 Å². The van der Waals surface area contributed by atoms with Crippen LogP contribution in [-0.2, 0) is 10.8 Å². The Morgan fingerprint density at radius 1 is 0.290 bits per heavy atom. The van der Waals surface area contributed by atoms with Crippen LogP contribution in [-0.4, -0.2) is 0 Å². The Morgan fingerprint density at radius 3 is 1.42 bits per heavy atom. The van der Waals surface area contributed by atoms with E-state index in [1.807, 2.05) is 11.8 Å². The molecule has 322 valence electrons. The van der Waals surface area contributed by atoms with E-state index < -0.39 is 10.8 Å². The Labute approximate surface area is 405 Å². The number of nitrogens with zero attached hydrogens (tertiary/aromatic N) is 1. The summed E-state index contributed by atoms with van der Waals surface area (Å²) in [5.74, 6) is 1.78. The van der Waals surface area contributed by atoms with Crippen LogP contribution in [0.1, 0.15) is 44.5 Å². The van der Waals surface area contributed by atoms with E-state index in [-0.39, 0.29) is 0 Å². The van der Waals surface area contributed by atoms with Gasteiger partial charge in [0.25, 0.3) is 0 Å². The van der Waals surface area contributed by atoms with Crippen molar-refractivity contribution in [3.05, 3.63) is 293 Å². The molecule has 0 aromatic heterocycles. The average Bonchev–Trinajstić information content (AvgIpc) is 3.86. The van der Waals surface area contributed by atoms with E-state index >= 15 is 0 Å². The molecule has 11 aromatic carbocycles. The van der Waals surface area contributed by atoms with Gasteiger partial charge >= 0.3 is 0 Å². The van der Waals surface area contributed by atoms with Crippen LogP contribution in [0.15, 0.2) is 259 Å². The molecule has 3 heteroatoms. The van der Waals surface area contributed by atoms with E-state index in [2.05, 4.69) is 254 Å². The SMILES string of the molecule is c1ccc(-c2ccc(N(c3ccc4c(c3)C3(c5ccccc5Oc5ccccc53)c3ccccc3-4)c3ccc4cc5c(cc4c3)-c3ccccc3C53c4ccccc4Sc4ccccc43)cc2)cc1. The molecule has 0 fully saturated rings. The summed E-state index contributed by atoms with van der Waals surface area (Å²) in [6.07, 6.45) is 0. The molecule has 0 amide bonds. The fourth-order valence-electron chi connectivity index (χ4n) is 12.6. The zero-order valence-corrected chi connectivity index (χ0v) is 38.3. The van der Waals surface area contributed by atoms with E-state index in [9.17, 15) is 0 Å². The molecule has 0 N–H and O–H groups in total. The Hall–Kier alpha value is -8.37. The molecule has 0 radical (unpaired) electrons. The molecule has 11 aromatic rings. The second kappa shape index (κ2) is 14.6. The van der Waals surface area contributed by atoms with Crippen molar-refractivity contribution in [1.82, 2.24) is 0 Å². The molecule has 15 rings (SSSR count). The number of para-hydroxylation sites is 2. The lowest BCUT2D eigenvalue weighted by Gasteiger charge is -2.39. The van der Waals surface area contributed by atoms with E-state index in [0.29, 0.717) is 0 Å². The van der Waals surface area contributed by atoms with Gasteiger partial charge in [0.2, 0.25) is 0 Å². The van der Waals surface area contributed by atoms with Crippen molar-refractivity contribution in [2.75, 3.05) is 4.90 Å². The number of fused-ring (bicyclic) bond motifs is 19. The topological polar surface area (TPSA) is 12.5 Å². The van der Waals surface area contributed by atoms with Gasteiger partial charge in [-0.25, -0.2) is 0 Å². The van der Waals surface area contributed by atoms with Gasteiger partial charge in [0, 0.05) is 38.0 Å². The van der Waals surface area contributed by atoms with Crippen molar-refractivity contribution in [1.29, 1.82) is 0 Å². The number of hydrogen-bond acceptors (Lipinski definition) is 3. The molecule has 0 atom stereocenters. The van der Waals surface area contributed by atoms with Gasteiger partial charge in [0.05, 0.1) is 10.8 Å². The summed E-state index contributed by atoms with van der Waals surface area (Å²) in [7, 11) is 0. The monoisotopic (exact) mass is 895 g/mol. The van der Waals surface area contributed by atoms with Gasteiger partial charge in [-0.2, -0.15) is 0 Å². The standard InChI is InChI=1S/C66H41NOS/c1-2-16-42(17-3-1)43-30-33-46(34-31-43)67(48-36-37-51-49-18-4-6-20-53(49)65(60(51)41-48)55-22-8-12-26-61(55)68-62-27-13-9-23-56(62)65)47-35-32-44-40-59-52(39-45(44)38-47)50-19-5-7-21-54(50)66(59)57-24-10-14-28-63(57)69-64-29-15-11-25-58(64)66/h1-41H. The van der Waals surface area contributed by atoms with Crippen LogP contribution in [0.4, 0.5) is 17.1 Å². The van der Waals surface area contributed by atoms with Gasteiger partial charge in [-0.1, -0.05) is 188 Å². The van der Waals surface area contributed by atoms with Crippen molar-refractivity contribution in [2.45, 2.75) is 20.6 Å². The highest BCUT2D eigenvalue weighted by Gasteiger charge is 2.52. The first-order valence-electron chi connectivity index (χ1n) is 23.8. The van der Waals surface area contributed by atoms with Crippen molar-refractivity contribution < 1.29 is 4.74 Å². The van der Waals surface area contributed by atoms with Crippen LogP contribution in [0.2, 0.25) is 0 Å². The molecule has 0 saturated carbocycles. The molecular weight excluding hydrogens is 855 g/mol. The fraction of sp³-hybridized carbons (Fsp3) is 0.0303. The molecule has 2 heterocycles. The minimum absolute atomic E-state index is 0.427. The first kappa shape index (κ1) is 38.7. The summed E-state index contributed by atoms with van der Waals surface area (Å²) in [6.45, 7) is 0. The van der Waals surface area contributed by atoms with Crippen molar-refractivity contribution in [3.63, 3.8) is 0 Å². The highest BCUT2D eigenvalue weighted by molar-refractivity contribution is 7.99. The molecule has 4 aliphatic rings. The molecule has 0 saturated heterocycles. The summed E-state index contributed by atoms with van der Waals surface area (Å²) in [5.41, 5.74) is 20.0. The number of hydrogen-bond donors (Lipinski definition) is 0. The van der Waals surface area contributed by atoms with Gasteiger partial charge in [0.15, 0.2) is 0 Å². The lowest BCUT2D eigenvalue weighted by molar-refractivity contribution is 0.436. The Balaban J connectivity index is 0.959. The minimum Gasteiger partial charge on any atom is -0.457 e. The first-order chi connectivity index (χ1) is 34.2. The highest BCUT2D eigenvalue weighted by Crippen LogP contribution is 2.64. The van der Waals surface area contributed by atoms with Crippen LogP contribution in [0.5, 0.6) is 11.5 Å². The third-order valence-corrected chi connectivity index (χ3v) is 16.5. The highest BCUT2D eigenvalue weighted by atomic mass is 32.2. The lowest BCUT2D eigenvalue weighted by atomic mass is 9.66. The van der Waals surface area contributed by atoms with Crippen molar-refractivity contribution in [2.24, 2.45) is 0 Å². The van der Waals surface area contributed by atoms with Crippen LogP contribution >= 0.6 is 11.8 Å². The molecule has 0 bridgehead atoms. The summed E-state index contributed by atoms with van der Waals surface area (Å²) in [4.78, 5) is 5.08.